The molecule has 74 valence electrons. The molecule has 12 heavy (non-hydrogen) atoms. The lowest BCUT2D eigenvalue weighted by atomic mass is 9.83. The Balaban J connectivity index is 0.000000561. The topological polar surface area (TPSA) is 60.7 Å². The van der Waals surface area contributed by atoms with Gasteiger partial charge < -0.3 is 15.3 Å². The van der Waals surface area contributed by atoms with Gasteiger partial charge in [-0.3, -0.25) is 0 Å². The molecule has 0 aliphatic heterocycles. The Morgan fingerprint density at radius 3 is 1.25 bits per heavy atom. The summed E-state index contributed by atoms with van der Waals surface area (Å²) in [4.78, 5) is 0. The van der Waals surface area contributed by atoms with Crippen LogP contribution in [0.15, 0.2) is 0 Å². The van der Waals surface area contributed by atoms with E-state index < -0.39 is 0 Å². The van der Waals surface area contributed by atoms with Crippen molar-refractivity contribution in [1.82, 2.24) is 0 Å². The molecule has 0 unspecified atom stereocenters. The van der Waals surface area contributed by atoms with Crippen LogP contribution in [0.2, 0.25) is 0 Å². The van der Waals surface area contributed by atoms with Gasteiger partial charge in [0.15, 0.2) is 0 Å². The highest BCUT2D eigenvalue weighted by atomic mass is 16.3. The number of hydrogen-bond donors (Lipinski definition) is 3. The van der Waals surface area contributed by atoms with E-state index in [4.69, 9.17) is 15.3 Å². The fourth-order valence-electron chi connectivity index (χ4n) is 1.60. The van der Waals surface area contributed by atoms with Crippen LogP contribution in [0.3, 0.4) is 0 Å². The van der Waals surface area contributed by atoms with Gasteiger partial charge in [-0.25, -0.2) is 0 Å². The lowest BCUT2D eigenvalue weighted by molar-refractivity contribution is 0.131. The van der Waals surface area contributed by atoms with E-state index in [1.807, 2.05) is 0 Å². The maximum Gasteiger partial charge on any atom is 0.0459 e. The van der Waals surface area contributed by atoms with Crippen molar-refractivity contribution in [1.29, 1.82) is 0 Å². The van der Waals surface area contributed by atoms with E-state index >= 15 is 0 Å². The third kappa shape index (κ3) is 4.04. The van der Waals surface area contributed by atoms with Gasteiger partial charge in [0.25, 0.3) is 0 Å². The first kappa shape index (κ1) is 11.9. The Morgan fingerprint density at radius 2 is 1.08 bits per heavy atom. The molecular formula is C9H20O3. The standard InChI is InChI=1S/C8H16O2.CH4O/c9-5-7-1-2-8(6-10)4-3-7;1-2/h7-10H,1-6H2;2H,1H3. The highest BCUT2D eigenvalue weighted by molar-refractivity contribution is 4.70. The molecule has 3 N–H and O–H groups in total. The summed E-state index contributed by atoms with van der Waals surface area (Å²) in [5.74, 6) is 1.03. The molecule has 0 radical (unpaired) electrons. The third-order valence-corrected chi connectivity index (χ3v) is 2.48. The molecule has 1 fully saturated rings. The second-order valence-corrected chi connectivity index (χ2v) is 3.25. The van der Waals surface area contributed by atoms with E-state index in [0.717, 1.165) is 32.8 Å². The summed E-state index contributed by atoms with van der Waals surface area (Å²) in [6.07, 6.45) is 4.40. The van der Waals surface area contributed by atoms with Gasteiger partial charge in [0, 0.05) is 20.3 Å². The fraction of sp³-hybridized carbons (Fsp3) is 1.00. The molecule has 1 aliphatic carbocycles. The van der Waals surface area contributed by atoms with Crippen LogP contribution in [0, 0.1) is 11.8 Å². The number of aliphatic hydroxyl groups excluding tert-OH is 3. The molecule has 0 atom stereocenters. The van der Waals surface area contributed by atoms with Crippen LogP contribution in [0.1, 0.15) is 25.7 Å². The molecule has 0 spiro atoms. The second kappa shape index (κ2) is 7.53. The zero-order valence-electron chi connectivity index (χ0n) is 7.74. The smallest absolute Gasteiger partial charge is 0.0459 e. The summed E-state index contributed by atoms with van der Waals surface area (Å²) >= 11 is 0. The van der Waals surface area contributed by atoms with Gasteiger partial charge >= 0.3 is 0 Å². The maximum absolute atomic E-state index is 8.79. The first-order valence-electron chi connectivity index (χ1n) is 4.53. The Bertz CT molecular complexity index is 75.8. The average molecular weight is 176 g/mol. The first-order chi connectivity index (χ1) is 5.86. The van der Waals surface area contributed by atoms with Crippen LogP contribution in [-0.4, -0.2) is 35.6 Å². The number of hydrogen-bond acceptors (Lipinski definition) is 3. The van der Waals surface area contributed by atoms with Crippen molar-refractivity contribution < 1.29 is 15.3 Å². The fourth-order valence-corrected chi connectivity index (χ4v) is 1.60. The van der Waals surface area contributed by atoms with Crippen LogP contribution < -0.4 is 0 Å². The molecule has 1 saturated carbocycles. The maximum atomic E-state index is 8.79. The minimum atomic E-state index is 0.331. The summed E-state index contributed by atoms with van der Waals surface area (Å²) in [6.45, 7) is 0.663. The first-order valence-corrected chi connectivity index (χ1v) is 4.53. The van der Waals surface area contributed by atoms with Crippen molar-refractivity contribution >= 4 is 0 Å². The number of aliphatic hydroxyl groups is 3. The van der Waals surface area contributed by atoms with E-state index in [0.29, 0.717) is 25.0 Å². The Labute approximate surface area is 74.0 Å². The molecule has 0 saturated heterocycles. The van der Waals surface area contributed by atoms with E-state index in [1.54, 1.807) is 0 Å². The zero-order valence-corrected chi connectivity index (χ0v) is 7.74. The van der Waals surface area contributed by atoms with Crippen molar-refractivity contribution in [2.24, 2.45) is 11.8 Å². The van der Waals surface area contributed by atoms with Gasteiger partial charge in [0.2, 0.25) is 0 Å². The molecule has 0 amide bonds. The minimum Gasteiger partial charge on any atom is -0.400 e. The van der Waals surface area contributed by atoms with Gasteiger partial charge in [0.1, 0.15) is 0 Å². The molecule has 0 bridgehead atoms. The highest BCUT2D eigenvalue weighted by Gasteiger charge is 2.19. The van der Waals surface area contributed by atoms with E-state index in [1.165, 1.54) is 0 Å². The summed E-state index contributed by atoms with van der Waals surface area (Å²) < 4.78 is 0. The van der Waals surface area contributed by atoms with Gasteiger partial charge in [-0.1, -0.05) is 0 Å². The van der Waals surface area contributed by atoms with E-state index in [9.17, 15) is 0 Å². The molecule has 0 heterocycles. The molecule has 0 aromatic heterocycles. The molecule has 3 heteroatoms. The Hall–Kier alpha value is -0.120. The van der Waals surface area contributed by atoms with Crippen LogP contribution in [-0.2, 0) is 0 Å². The molecule has 3 nitrogen and oxygen atoms in total. The Morgan fingerprint density at radius 1 is 0.833 bits per heavy atom. The number of rotatable bonds is 2. The SMILES string of the molecule is CO.OCC1CCC(CO)CC1. The van der Waals surface area contributed by atoms with Crippen LogP contribution >= 0.6 is 0 Å². The lowest BCUT2D eigenvalue weighted by Gasteiger charge is -2.25. The van der Waals surface area contributed by atoms with Gasteiger partial charge in [0.05, 0.1) is 0 Å². The molecule has 0 aromatic carbocycles. The minimum absolute atomic E-state index is 0.331. The van der Waals surface area contributed by atoms with Gasteiger partial charge in [-0.2, -0.15) is 0 Å². The predicted molar refractivity (Wildman–Crippen MR) is 47.8 cm³/mol. The average Bonchev–Trinajstić information content (AvgIpc) is 2.21. The van der Waals surface area contributed by atoms with Gasteiger partial charge in [-0.15, -0.1) is 0 Å². The van der Waals surface area contributed by atoms with Crippen molar-refractivity contribution in [3.8, 4) is 0 Å². The predicted octanol–water partition coefficient (Wildman–Crippen LogP) is 0.386. The molecule has 1 rings (SSSR count). The van der Waals surface area contributed by atoms with Crippen LogP contribution in [0.5, 0.6) is 0 Å². The molecule has 0 aromatic rings. The van der Waals surface area contributed by atoms with E-state index in [-0.39, 0.29) is 0 Å². The largest absolute Gasteiger partial charge is 0.400 e. The van der Waals surface area contributed by atoms with Crippen LogP contribution in [0.4, 0.5) is 0 Å². The monoisotopic (exact) mass is 176 g/mol. The van der Waals surface area contributed by atoms with Crippen molar-refractivity contribution in [2.75, 3.05) is 20.3 Å². The van der Waals surface area contributed by atoms with Crippen LogP contribution in [0.25, 0.3) is 0 Å². The third-order valence-electron chi connectivity index (χ3n) is 2.48. The zero-order chi connectivity index (χ0) is 9.40. The molecular weight excluding hydrogens is 156 g/mol. The molecule has 1 aliphatic rings. The lowest BCUT2D eigenvalue weighted by Crippen LogP contribution is -2.19. The summed E-state index contributed by atoms with van der Waals surface area (Å²) in [7, 11) is 1.00. The van der Waals surface area contributed by atoms with Crippen molar-refractivity contribution in [2.45, 2.75) is 25.7 Å². The summed E-state index contributed by atoms with van der Waals surface area (Å²) in [5.41, 5.74) is 0. The Kier molecular flexibility index (Phi) is 7.45. The van der Waals surface area contributed by atoms with Crippen molar-refractivity contribution in [3.63, 3.8) is 0 Å². The summed E-state index contributed by atoms with van der Waals surface area (Å²) in [6, 6.07) is 0. The quantitative estimate of drug-likeness (QED) is 0.570. The van der Waals surface area contributed by atoms with Gasteiger partial charge in [-0.05, 0) is 37.5 Å². The normalized spacial score (nSPS) is 29.0. The second-order valence-electron chi connectivity index (χ2n) is 3.25. The summed E-state index contributed by atoms with van der Waals surface area (Å²) in [5, 5.41) is 24.6. The van der Waals surface area contributed by atoms with E-state index in [2.05, 4.69) is 0 Å². The van der Waals surface area contributed by atoms with Crippen molar-refractivity contribution in [3.05, 3.63) is 0 Å². The highest BCUT2D eigenvalue weighted by Crippen LogP contribution is 2.27.